The fourth-order valence-corrected chi connectivity index (χ4v) is 2.43. The van der Waals surface area contributed by atoms with E-state index in [1.807, 2.05) is 12.1 Å². The molecule has 2 aromatic rings. The van der Waals surface area contributed by atoms with Crippen LogP contribution < -0.4 is 9.47 Å². The van der Waals surface area contributed by atoms with E-state index in [4.69, 9.17) is 14.6 Å². The van der Waals surface area contributed by atoms with Gasteiger partial charge in [-0.3, -0.25) is 9.59 Å². The van der Waals surface area contributed by atoms with Crippen LogP contribution in [0.4, 0.5) is 0 Å². The quantitative estimate of drug-likeness (QED) is 0.855. The molecule has 0 unspecified atom stereocenters. The summed E-state index contributed by atoms with van der Waals surface area (Å²) >= 11 is 0. The van der Waals surface area contributed by atoms with Crippen LogP contribution in [0.25, 0.3) is 6.08 Å². The van der Waals surface area contributed by atoms with Crippen molar-refractivity contribution < 1.29 is 24.2 Å². The summed E-state index contributed by atoms with van der Waals surface area (Å²) in [5, 5.41) is 8.63. The van der Waals surface area contributed by atoms with Gasteiger partial charge in [0.1, 0.15) is 18.1 Å². The number of ether oxygens (including phenoxy) is 2. The lowest BCUT2D eigenvalue weighted by Gasteiger charge is -2.18. The van der Waals surface area contributed by atoms with Crippen molar-refractivity contribution in [2.75, 3.05) is 13.2 Å². The van der Waals surface area contributed by atoms with Crippen LogP contribution in [-0.4, -0.2) is 30.1 Å². The van der Waals surface area contributed by atoms with Crippen molar-refractivity contribution in [3.63, 3.8) is 0 Å². The molecule has 24 heavy (non-hydrogen) atoms. The highest BCUT2D eigenvalue weighted by atomic mass is 16.5. The Morgan fingerprint density at radius 2 is 2.04 bits per heavy atom. The summed E-state index contributed by atoms with van der Waals surface area (Å²) in [6.07, 6.45) is 1.71. The molecule has 2 aromatic carbocycles. The number of benzene rings is 2. The molecule has 1 heterocycles. The Bertz CT molecular complexity index is 807. The Balaban J connectivity index is 1.77. The van der Waals surface area contributed by atoms with E-state index >= 15 is 0 Å². The molecule has 0 fully saturated rings. The number of rotatable bonds is 5. The molecule has 5 nitrogen and oxygen atoms in total. The number of aliphatic carboxylic acids is 1. The fraction of sp³-hybridized carbons (Fsp3) is 0.158. The van der Waals surface area contributed by atoms with Crippen LogP contribution in [0.2, 0.25) is 0 Å². The first-order chi connectivity index (χ1) is 11.6. The minimum Gasteiger partial charge on any atom is -0.493 e. The number of carboxylic acids is 1. The molecule has 5 heteroatoms. The van der Waals surface area contributed by atoms with Crippen LogP contribution in [0.1, 0.15) is 22.3 Å². The molecule has 0 amide bonds. The molecule has 0 aromatic heterocycles. The summed E-state index contributed by atoms with van der Waals surface area (Å²) in [7, 11) is 0. The highest BCUT2D eigenvalue weighted by molar-refractivity contribution is 6.14. The zero-order chi connectivity index (χ0) is 16.9. The molecule has 122 valence electrons. The average molecular weight is 324 g/mol. The normalized spacial score (nSPS) is 14.8. The van der Waals surface area contributed by atoms with Crippen molar-refractivity contribution in [3.8, 4) is 11.5 Å². The minimum atomic E-state index is -0.906. The van der Waals surface area contributed by atoms with Gasteiger partial charge in [0, 0.05) is 5.57 Å². The average Bonchev–Trinajstić information content (AvgIpc) is 2.58. The molecule has 1 aliphatic heterocycles. The lowest BCUT2D eigenvalue weighted by atomic mass is 9.98. The lowest BCUT2D eigenvalue weighted by molar-refractivity contribution is -0.137. The van der Waals surface area contributed by atoms with Gasteiger partial charge in [-0.15, -0.1) is 0 Å². The Hall–Kier alpha value is -3.08. The third-order valence-corrected chi connectivity index (χ3v) is 3.59. The van der Waals surface area contributed by atoms with E-state index in [9.17, 15) is 9.59 Å². The number of hydrogen-bond acceptors (Lipinski definition) is 4. The second kappa shape index (κ2) is 7.00. The minimum absolute atomic E-state index is 0.0472. The summed E-state index contributed by atoms with van der Waals surface area (Å²) < 4.78 is 11.0. The van der Waals surface area contributed by atoms with E-state index < -0.39 is 5.97 Å². The van der Waals surface area contributed by atoms with Gasteiger partial charge in [-0.25, -0.2) is 0 Å². The maximum atomic E-state index is 12.5. The maximum absolute atomic E-state index is 12.5. The number of ketones is 1. The lowest BCUT2D eigenvalue weighted by Crippen LogP contribution is -2.18. The van der Waals surface area contributed by atoms with Crippen LogP contribution in [0.15, 0.2) is 54.1 Å². The number of para-hydroxylation sites is 1. The Morgan fingerprint density at radius 1 is 1.21 bits per heavy atom. The molecular weight excluding hydrogens is 308 g/mol. The summed E-state index contributed by atoms with van der Waals surface area (Å²) in [5.41, 5.74) is 1.93. The molecule has 0 spiro atoms. The molecule has 0 saturated heterocycles. The third-order valence-electron chi connectivity index (χ3n) is 3.59. The number of carbonyl (C=O) groups is 2. The summed E-state index contributed by atoms with van der Waals surface area (Å²) in [4.78, 5) is 23.0. The van der Waals surface area contributed by atoms with Crippen LogP contribution in [0.3, 0.4) is 0 Å². The van der Waals surface area contributed by atoms with Gasteiger partial charge >= 0.3 is 5.97 Å². The summed E-state index contributed by atoms with van der Waals surface area (Å²) in [5.74, 6) is 0.214. The van der Waals surface area contributed by atoms with Gasteiger partial charge in [-0.1, -0.05) is 24.3 Å². The third kappa shape index (κ3) is 3.63. The molecule has 0 saturated carbocycles. The summed E-state index contributed by atoms with van der Waals surface area (Å²) in [6, 6.07) is 14.3. The second-order valence-corrected chi connectivity index (χ2v) is 5.35. The van der Waals surface area contributed by atoms with Gasteiger partial charge in [-0.05, 0) is 35.9 Å². The van der Waals surface area contributed by atoms with E-state index in [2.05, 4.69) is 0 Å². The molecule has 1 N–H and O–H groups in total. The highest BCUT2D eigenvalue weighted by Gasteiger charge is 2.22. The van der Waals surface area contributed by atoms with Crippen molar-refractivity contribution in [1.82, 2.24) is 0 Å². The molecule has 0 aliphatic carbocycles. The van der Waals surface area contributed by atoms with E-state index in [1.165, 1.54) is 0 Å². The molecule has 0 atom stereocenters. The number of fused-ring (bicyclic) bond motifs is 1. The largest absolute Gasteiger partial charge is 0.493 e. The van der Waals surface area contributed by atoms with Gasteiger partial charge < -0.3 is 14.6 Å². The van der Waals surface area contributed by atoms with E-state index in [0.29, 0.717) is 22.6 Å². The van der Waals surface area contributed by atoms with E-state index in [0.717, 1.165) is 5.56 Å². The number of carboxylic acid groups (broad SMARTS) is 1. The van der Waals surface area contributed by atoms with Crippen molar-refractivity contribution >= 4 is 17.8 Å². The zero-order valence-electron chi connectivity index (χ0n) is 12.9. The van der Waals surface area contributed by atoms with Crippen molar-refractivity contribution in [2.24, 2.45) is 0 Å². The van der Waals surface area contributed by atoms with E-state index in [-0.39, 0.29) is 25.4 Å². The van der Waals surface area contributed by atoms with E-state index in [1.54, 1.807) is 42.5 Å². The predicted molar refractivity (Wildman–Crippen MR) is 88.4 cm³/mol. The number of hydrogen-bond donors (Lipinski definition) is 1. The SMILES string of the molecule is O=C(O)CCOc1cccc(/C=C2\COc3ccccc3C2=O)c1. The molecule has 0 radical (unpaired) electrons. The molecule has 0 bridgehead atoms. The van der Waals surface area contributed by atoms with Crippen LogP contribution in [0.5, 0.6) is 11.5 Å². The zero-order valence-corrected chi connectivity index (χ0v) is 12.9. The van der Waals surface area contributed by atoms with Crippen molar-refractivity contribution in [3.05, 3.63) is 65.2 Å². The first-order valence-electron chi connectivity index (χ1n) is 7.55. The number of Topliss-reactive ketones (excluding diaryl/α,β-unsaturated/α-hetero) is 1. The van der Waals surface area contributed by atoms with Gasteiger partial charge in [-0.2, -0.15) is 0 Å². The second-order valence-electron chi connectivity index (χ2n) is 5.35. The van der Waals surface area contributed by atoms with Crippen molar-refractivity contribution in [2.45, 2.75) is 6.42 Å². The topological polar surface area (TPSA) is 72.8 Å². The van der Waals surface area contributed by atoms with Crippen molar-refractivity contribution in [1.29, 1.82) is 0 Å². The first kappa shape index (κ1) is 15.8. The monoisotopic (exact) mass is 324 g/mol. The summed E-state index contributed by atoms with van der Waals surface area (Å²) in [6.45, 7) is 0.324. The fourth-order valence-electron chi connectivity index (χ4n) is 2.43. The Kier molecular flexibility index (Phi) is 4.61. The van der Waals surface area contributed by atoms with Crippen LogP contribution in [-0.2, 0) is 4.79 Å². The number of carbonyl (C=O) groups excluding carboxylic acids is 1. The Morgan fingerprint density at radius 3 is 2.88 bits per heavy atom. The molecule has 3 rings (SSSR count). The van der Waals surface area contributed by atoms with Gasteiger partial charge in [0.15, 0.2) is 5.78 Å². The highest BCUT2D eigenvalue weighted by Crippen LogP contribution is 2.28. The van der Waals surface area contributed by atoms with Crippen LogP contribution in [0, 0.1) is 0 Å². The van der Waals surface area contributed by atoms with Gasteiger partial charge in [0.25, 0.3) is 0 Å². The first-order valence-corrected chi connectivity index (χ1v) is 7.55. The van der Waals surface area contributed by atoms with Gasteiger partial charge in [0.05, 0.1) is 18.6 Å². The predicted octanol–water partition coefficient (Wildman–Crippen LogP) is 3.20. The standard InChI is InChI=1S/C19H16O5/c20-18(21)8-9-23-15-5-3-4-13(11-15)10-14-12-24-17-7-2-1-6-16(17)19(14)22/h1-7,10-11H,8-9,12H2,(H,20,21)/b14-10+. The Labute approximate surface area is 139 Å². The molecular formula is C19H16O5. The van der Waals surface area contributed by atoms with Crippen LogP contribution >= 0.6 is 0 Å². The molecule has 1 aliphatic rings. The maximum Gasteiger partial charge on any atom is 0.306 e. The smallest absolute Gasteiger partial charge is 0.306 e. The van der Waals surface area contributed by atoms with Gasteiger partial charge in [0.2, 0.25) is 0 Å².